The fourth-order valence-corrected chi connectivity index (χ4v) is 3.13. The average molecular weight is 361 g/mol. The maximum Gasteiger partial charge on any atom is 0.381 e. The van der Waals surface area contributed by atoms with Crippen molar-refractivity contribution in [1.82, 2.24) is 4.98 Å². The first-order valence-corrected chi connectivity index (χ1v) is 8.10. The van der Waals surface area contributed by atoms with Crippen molar-refractivity contribution < 1.29 is 19.1 Å². The number of carbonyl (C=O) groups excluding carboxylic acids is 3. The number of nitrogens with zero attached hydrogens (tertiary/aromatic N) is 2. The van der Waals surface area contributed by atoms with Crippen LogP contribution in [0.4, 0.5) is 5.13 Å². The quantitative estimate of drug-likeness (QED) is 0.345. The van der Waals surface area contributed by atoms with Crippen LogP contribution in [0, 0.1) is 5.92 Å². The number of thiazole rings is 1. The van der Waals surface area contributed by atoms with Gasteiger partial charge in [-0.15, -0.1) is 11.3 Å². The van der Waals surface area contributed by atoms with E-state index < -0.39 is 11.8 Å². The first-order valence-electron chi connectivity index (χ1n) is 6.10. The second-order valence-corrected chi connectivity index (χ2v) is 5.78. The van der Waals surface area contributed by atoms with Gasteiger partial charge in [0, 0.05) is 23.7 Å². The third kappa shape index (κ3) is 3.06. The van der Waals surface area contributed by atoms with Gasteiger partial charge in [0.15, 0.2) is 5.13 Å². The number of Topliss-reactive ketones (excluding diaryl/α,β-unsaturated/α-hetero) is 1. The Morgan fingerprint density at radius 1 is 1.60 bits per heavy atom. The molecule has 20 heavy (non-hydrogen) atoms. The van der Waals surface area contributed by atoms with Crippen molar-refractivity contribution >= 4 is 50.1 Å². The number of anilines is 1. The molecule has 1 fully saturated rings. The fourth-order valence-electron chi connectivity index (χ4n) is 1.86. The third-order valence-corrected chi connectivity index (χ3v) is 4.62. The van der Waals surface area contributed by atoms with Gasteiger partial charge in [-0.25, -0.2) is 9.78 Å². The molecular formula is C12H13BrN2O4S. The third-order valence-electron chi connectivity index (χ3n) is 2.84. The number of alkyl halides is 1. The van der Waals surface area contributed by atoms with E-state index in [9.17, 15) is 14.4 Å². The van der Waals surface area contributed by atoms with E-state index in [1.165, 1.54) is 16.7 Å². The first kappa shape index (κ1) is 15.1. The molecule has 1 unspecified atom stereocenters. The van der Waals surface area contributed by atoms with Crippen molar-refractivity contribution in [2.24, 2.45) is 5.92 Å². The summed E-state index contributed by atoms with van der Waals surface area (Å²) >= 11 is 4.53. The molecule has 1 amide bonds. The highest BCUT2D eigenvalue weighted by atomic mass is 79.9. The van der Waals surface area contributed by atoms with Crippen LogP contribution in [0.15, 0.2) is 5.38 Å². The van der Waals surface area contributed by atoms with E-state index in [-0.39, 0.29) is 24.1 Å². The summed E-state index contributed by atoms with van der Waals surface area (Å²) in [4.78, 5) is 40.5. The van der Waals surface area contributed by atoms with Crippen molar-refractivity contribution in [3.8, 4) is 0 Å². The van der Waals surface area contributed by atoms with E-state index in [2.05, 4.69) is 25.7 Å². The molecule has 0 radical (unpaired) electrons. The van der Waals surface area contributed by atoms with Crippen LogP contribution in [0.1, 0.15) is 23.8 Å². The minimum atomic E-state index is -0.921. The normalized spacial score (nSPS) is 18.4. The van der Waals surface area contributed by atoms with Crippen molar-refractivity contribution in [2.75, 3.05) is 23.4 Å². The fraction of sp³-hybridized carbons (Fsp3) is 0.500. The predicted molar refractivity (Wildman–Crippen MR) is 77.3 cm³/mol. The molecule has 1 aromatic rings. The topological polar surface area (TPSA) is 76.6 Å². The number of hydrogen-bond donors (Lipinski definition) is 0. The molecule has 6 nitrogen and oxygen atoms in total. The van der Waals surface area contributed by atoms with Gasteiger partial charge in [0.25, 0.3) is 5.78 Å². The first-order chi connectivity index (χ1) is 9.56. The molecule has 0 saturated carbocycles. The smallest absolute Gasteiger partial charge is 0.381 e. The van der Waals surface area contributed by atoms with Crippen LogP contribution in [-0.2, 0) is 14.3 Å². The van der Waals surface area contributed by atoms with E-state index in [1.807, 2.05) is 0 Å². The van der Waals surface area contributed by atoms with Crippen LogP contribution >= 0.6 is 27.3 Å². The van der Waals surface area contributed by atoms with E-state index in [0.29, 0.717) is 18.1 Å². The van der Waals surface area contributed by atoms with Crippen molar-refractivity contribution in [3.05, 3.63) is 11.1 Å². The zero-order chi connectivity index (χ0) is 14.7. The Labute approximate surface area is 128 Å². The largest absolute Gasteiger partial charge is 0.460 e. The van der Waals surface area contributed by atoms with Crippen molar-refractivity contribution in [1.29, 1.82) is 0 Å². The molecule has 0 aliphatic carbocycles. The van der Waals surface area contributed by atoms with E-state index in [4.69, 9.17) is 0 Å². The number of esters is 1. The lowest BCUT2D eigenvalue weighted by molar-refractivity contribution is -0.137. The molecule has 108 valence electrons. The Balaban J connectivity index is 2.11. The van der Waals surface area contributed by atoms with Crippen LogP contribution in [0.3, 0.4) is 0 Å². The van der Waals surface area contributed by atoms with Gasteiger partial charge in [0.05, 0.1) is 6.61 Å². The summed E-state index contributed by atoms with van der Waals surface area (Å²) in [6, 6.07) is 0. The highest BCUT2D eigenvalue weighted by Crippen LogP contribution is 2.28. The van der Waals surface area contributed by atoms with E-state index in [0.717, 1.165) is 5.33 Å². The molecular weight excluding hydrogens is 348 g/mol. The second kappa shape index (κ2) is 6.45. The average Bonchev–Trinajstić information content (AvgIpc) is 3.04. The van der Waals surface area contributed by atoms with Crippen molar-refractivity contribution in [2.45, 2.75) is 13.3 Å². The van der Waals surface area contributed by atoms with Crippen LogP contribution in [0.25, 0.3) is 0 Å². The number of aromatic nitrogens is 1. The van der Waals surface area contributed by atoms with Crippen LogP contribution in [0.2, 0.25) is 0 Å². The number of carbonyl (C=O) groups is 3. The Hall–Kier alpha value is -1.28. The molecule has 1 aliphatic rings. The Kier molecular flexibility index (Phi) is 4.87. The van der Waals surface area contributed by atoms with E-state index >= 15 is 0 Å². The summed E-state index contributed by atoms with van der Waals surface area (Å²) in [5.74, 6) is -1.47. The number of hydrogen-bond acceptors (Lipinski definition) is 6. The van der Waals surface area contributed by atoms with Gasteiger partial charge in [-0.05, 0) is 12.8 Å². The molecule has 0 bridgehead atoms. The maximum atomic E-state index is 11.9. The van der Waals surface area contributed by atoms with E-state index in [1.54, 1.807) is 11.8 Å². The lowest BCUT2D eigenvalue weighted by atomic mass is 10.2. The second-order valence-electron chi connectivity index (χ2n) is 4.29. The highest BCUT2D eigenvalue weighted by Gasteiger charge is 2.32. The van der Waals surface area contributed by atoms with Crippen LogP contribution < -0.4 is 4.90 Å². The Morgan fingerprint density at radius 3 is 2.95 bits per heavy atom. The molecule has 1 aliphatic heterocycles. The Bertz CT molecular complexity index is 545. The molecule has 1 aromatic heterocycles. The SMILES string of the molecule is CCOC(=O)C(=O)c1csc(N2CC(CBr)CC2=O)n1. The summed E-state index contributed by atoms with van der Waals surface area (Å²) in [5, 5.41) is 2.67. The van der Waals surface area contributed by atoms with Gasteiger partial charge < -0.3 is 4.74 Å². The van der Waals surface area contributed by atoms with Crippen LogP contribution in [-0.4, -0.2) is 41.1 Å². The van der Waals surface area contributed by atoms with Gasteiger partial charge >= 0.3 is 5.97 Å². The predicted octanol–water partition coefficient (Wildman–Crippen LogP) is 1.64. The minimum Gasteiger partial charge on any atom is -0.460 e. The molecule has 0 spiro atoms. The standard InChI is InChI=1S/C12H13BrN2O4S/c1-2-19-11(18)10(17)8-6-20-12(14-8)15-5-7(4-13)3-9(15)16/h6-7H,2-5H2,1H3. The zero-order valence-corrected chi connectivity index (χ0v) is 13.2. The molecule has 2 heterocycles. The molecule has 1 saturated heterocycles. The van der Waals surface area contributed by atoms with Gasteiger partial charge in [-0.3, -0.25) is 14.5 Å². The number of rotatable bonds is 5. The highest BCUT2D eigenvalue weighted by molar-refractivity contribution is 9.09. The molecule has 0 aromatic carbocycles. The summed E-state index contributed by atoms with van der Waals surface area (Å²) in [7, 11) is 0. The van der Waals surface area contributed by atoms with Gasteiger partial charge in [-0.2, -0.15) is 0 Å². The maximum absolute atomic E-state index is 11.9. The number of ether oxygens (including phenoxy) is 1. The molecule has 1 atom stereocenters. The van der Waals surface area contributed by atoms with Crippen molar-refractivity contribution in [3.63, 3.8) is 0 Å². The molecule has 0 N–H and O–H groups in total. The lowest BCUT2D eigenvalue weighted by Gasteiger charge is -2.11. The number of ketones is 1. The minimum absolute atomic E-state index is 0.0149. The molecule has 8 heteroatoms. The summed E-state index contributed by atoms with van der Waals surface area (Å²) in [6.07, 6.45) is 0.464. The number of halogens is 1. The zero-order valence-electron chi connectivity index (χ0n) is 10.8. The lowest BCUT2D eigenvalue weighted by Crippen LogP contribution is -2.25. The van der Waals surface area contributed by atoms with Gasteiger partial charge in [0.2, 0.25) is 5.91 Å². The molecule has 2 rings (SSSR count). The van der Waals surface area contributed by atoms with Gasteiger partial charge in [-0.1, -0.05) is 15.9 Å². The van der Waals surface area contributed by atoms with Crippen LogP contribution in [0.5, 0.6) is 0 Å². The monoisotopic (exact) mass is 360 g/mol. The summed E-state index contributed by atoms with van der Waals surface area (Å²) in [5.41, 5.74) is 0.0264. The van der Waals surface area contributed by atoms with Gasteiger partial charge in [0.1, 0.15) is 5.69 Å². The summed E-state index contributed by atoms with van der Waals surface area (Å²) in [6.45, 7) is 2.34. The number of amides is 1. The Morgan fingerprint density at radius 2 is 2.35 bits per heavy atom. The summed E-state index contributed by atoms with van der Waals surface area (Å²) < 4.78 is 4.64.